The molecule has 7 N–H and O–H groups in total. The van der Waals surface area contributed by atoms with Crippen LogP contribution in [0.15, 0.2) is 12.5 Å². The number of nitrogens with one attached hydrogen (secondary N) is 4. The highest BCUT2D eigenvalue weighted by molar-refractivity contribution is 7.80. The zero-order chi connectivity index (χ0) is 24.4. The number of carbonyl (C=O) groups excluding carboxylic acids is 3. The SMILES string of the molecule is CCC(C)C(NC(=O)C(Cc1cnc[nH]1)NC(=O)C(N)CS)C(=O)NC(C(=O)O)C(C)C. The second kappa shape index (κ2) is 13.1. The molecule has 5 unspecified atom stereocenters. The van der Waals surface area contributed by atoms with Gasteiger partial charge in [-0.05, 0) is 11.8 Å². The summed E-state index contributed by atoms with van der Waals surface area (Å²) in [5.74, 6) is -3.47. The van der Waals surface area contributed by atoms with Crippen molar-refractivity contribution in [3.8, 4) is 0 Å². The number of hydrogen-bond acceptors (Lipinski definition) is 7. The first-order chi connectivity index (χ1) is 15.0. The molecule has 1 aromatic heterocycles. The van der Waals surface area contributed by atoms with Gasteiger partial charge in [0.2, 0.25) is 17.7 Å². The summed E-state index contributed by atoms with van der Waals surface area (Å²) in [6.07, 6.45) is 3.61. The zero-order valence-electron chi connectivity index (χ0n) is 18.8. The van der Waals surface area contributed by atoms with Crippen LogP contribution in [0.5, 0.6) is 0 Å². The topological polar surface area (TPSA) is 179 Å². The number of rotatable bonds is 13. The van der Waals surface area contributed by atoms with E-state index in [4.69, 9.17) is 5.73 Å². The van der Waals surface area contributed by atoms with Crippen molar-refractivity contribution in [3.63, 3.8) is 0 Å². The summed E-state index contributed by atoms with van der Waals surface area (Å²) in [4.78, 5) is 56.5. The van der Waals surface area contributed by atoms with Crippen molar-refractivity contribution in [1.29, 1.82) is 0 Å². The van der Waals surface area contributed by atoms with Crippen LogP contribution in [-0.4, -0.2) is 68.7 Å². The smallest absolute Gasteiger partial charge is 0.326 e. The van der Waals surface area contributed by atoms with Crippen LogP contribution in [0.1, 0.15) is 39.8 Å². The fourth-order valence-corrected chi connectivity index (χ4v) is 3.07. The molecule has 0 aliphatic rings. The number of carboxylic acids is 1. The van der Waals surface area contributed by atoms with Crippen molar-refractivity contribution < 1.29 is 24.3 Å². The second-order valence-electron chi connectivity index (χ2n) is 8.07. The first kappa shape index (κ1) is 27.4. The second-order valence-corrected chi connectivity index (χ2v) is 8.44. The molecule has 12 heteroatoms. The van der Waals surface area contributed by atoms with Gasteiger partial charge in [0.1, 0.15) is 18.1 Å². The largest absolute Gasteiger partial charge is 0.480 e. The molecule has 0 aromatic carbocycles. The van der Waals surface area contributed by atoms with E-state index in [0.29, 0.717) is 12.1 Å². The lowest BCUT2D eigenvalue weighted by Gasteiger charge is -2.28. The minimum Gasteiger partial charge on any atom is -0.480 e. The number of thiol groups is 1. The molecule has 5 atom stereocenters. The Morgan fingerprint density at radius 2 is 1.72 bits per heavy atom. The monoisotopic (exact) mass is 470 g/mol. The molecule has 1 rings (SSSR count). The highest BCUT2D eigenvalue weighted by atomic mass is 32.1. The number of carboxylic acid groups (broad SMARTS) is 1. The Morgan fingerprint density at radius 1 is 1.09 bits per heavy atom. The minimum absolute atomic E-state index is 0.0912. The van der Waals surface area contributed by atoms with E-state index in [1.54, 1.807) is 20.8 Å². The summed E-state index contributed by atoms with van der Waals surface area (Å²) in [6.45, 7) is 6.98. The number of amides is 3. The molecule has 1 heterocycles. The van der Waals surface area contributed by atoms with E-state index in [1.807, 2.05) is 6.92 Å². The Kier molecular flexibility index (Phi) is 11.2. The maximum absolute atomic E-state index is 13.1. The molecule has 32 heavy (non-hydrogen) atoms. The third kappa shape index (κ3) is 8.15. The molecular weight excluding hydrogens is 436 g/mol. The average molecular weight is 471 g/mol. The number of aromatic amines is 1. The average Bonchev–Trinajstić information content (AvgIpc) is 3.26. The summed E-state index contributed by atoms with van der Waals surface area (Å²) < 4.78 is 0. The van der Waals surface area contributed by atoms with Crippen LogP contribution in [0.25, 0.3) is 0 Å². The van der Waals surface area contributed by atoms with Gasteiger partial charge in [0, 0.05) is 24.1 Å². The predicted molar refractivity (Wildman–Crippen MR) is 122 cm³/mol. The highest BCUT2D eigenvalue weighted by Gasteiger charge is 2.33. The van der Waals surface area contributed by atoms with Gasteiger partial charge < -0.3 is 31.8 Å². The molecule has 0 radical (unpaired) electrons. The molecule has 0 saturated heterocycles. The molecule has 1 aromatic rings. The molecular formula is C20H34N6O5S. The number of nitrogens with two attached hydrogens (primary N) is 1. The van der Waals surface area contributed by atoms with Crippen LogP contribution >= 0.6 is 12.6 Å². The first-order valence-corrected chi connectivity index (χ1v) is 11.1. The summed E-state index contributed by atoms with van der Waals surface area (Å²) >= 11 is 4.00. The van der Waals surface area contributed by atoms with Crippen LogP contribution in [0.4, 0.5) is 0 Å². The molecule has 0 bridgehead atoms. The van der Waals surface area contributed by atoms with Gasteiger partial charge in [-0.2, -0.15) is 12.6 Å². The van der Waals surface area contributed by atoms with Gasteiger partial charge in [-0.15, -0.1) is 0 Å². The lowest BCUT2D eigenvalue weighted by atomic mass is 9.96. The number of nitrogens with zero attached hydrogens (tertiary/aromatic N) is 1. The Morgan fingerprint density at radius 3 is 2.19 bits per heavy atom. The van der Waals surface area contributed by atoms with E-state index in [-0.39, 0.29) is 24.0 Å². The zero-order valence-corrected chi connectivity index (χ0v) is 19.7. The molecule has 0 spiro atoms. The summed E-state index contributed by atoms with van der Waals surface area (Å²) in [6, 6.07) is -4.03. The number of carbonyl (C=O) groups is 4. The standard InChI is InChI=1S/C20H34N6O5S/c1-5-11(4)16(19(29)25-15(10(2)3)20(30)31)26-18(28)14(6-12-7-22-9-23-12)24-17(27)13(21)8-32/h7,9-11,13-16,32H,5-6,8,21H2,1-4H3,(H,22,23)(H,24,27)(H,25,29)(H,26,28)(H,30,31). The van der Waals surface area contributed by atoms with Crippen LogP contribution in [-0.2, 0) is 25.6 Å². The molecule has 11 nitrogen and oxygen atoms in total. The summed E-state index contributed by atoms with van der Waals surface area (Å²) in [5, 5.41) is 17.1. The van der Waals surface area contributed by atoms with Crippen molar-refractivity contribution in [1.82, 2.24) is 25.9 Å². The predicted octanol–water partition coefficient (Wildman–Crippen LogP) is -0.550. The van der Waals surface area contributed by atoms with E-state index in [9.17, 15) is 24.3 Å². The van der Waals surface area contributed by atoms with Crippen LogP contribution in [0, 0.1) is 11.8 Å². The fraction of sp³-hybridized carbons (Fsp3) is 0.650. The van der Waals surface area contributed by atoms with Crippen LogP contribution in [0.2, 0.25) is 0 Å². The molecule has 3 amide bonds. The van der Waals surface area contributed by atoms with Gasteiger partial charge in [-0.25, -0.2) is 9.78 Å². The molecule has 0 fully saturated rings. The fourth-order valence-electron chi connectivity index (χ4n) is 2.90. The quantitative estimate of drug-likeness (QED) is 0.189. The van der Waals surface area contributed by atoms with E-state index in [1.165, 1.54) is 12.5 Å². The van der Waals surface area contributed by atoms with Gasteiger partial charge in [-0.3, -0.25) is 14.4 Å². The maximum atomic E-state index is 13.1. The summed E-state index contributed by atoms with van der Waals surface area (Å²) in [5.41, 5.74) is 6.31. The maximum Gasteiger partial charge on any atom is 0.326 e. The van der Waals surface area contributed by atoms with E-state index in [2.05, 4.69) is 38.5 Å². The molecule has 180 valence electrons. The van der Waals surface area contributed by atoms with E-state index in [0.717, 1.165) is 0 Å². The minimum atomic E-state index is -1.16. The Hall–Kier alpha value is -2.60. The van der Waals surface area contributed by atoms with E-state index < -0.39 is 47.9 Å². The Bertz CT molecular complexity index is 773. The van der Waals surface area contributed by atoms with E-state index >= 15 is 0 Å². The number of hydrogen-bond donors (Lipinski definition) is 7. The lowest BCUT2D eigenvalue weighted by molar-refractivity contribution is -0.144. The van der Waals surface area contributed by atoms with Crippen molar-refractivity contribution in [2.75, 3.05) is 5.75 Å². The van der Waals surface area contributed by atoms with Crippen LogP contribution in [0.3, 0.4) is 0 Å². The van der Waals surface area contributed by atoms with Crippen LogP contribution < -0.4 is 21.7 Å². The van der Waals surface area contributed by atoms with Crippen molar-refractivity contribution in [2.24, 2.45) is 17.6 Å². The van der Waals surface area contributed by atoms with Gasteiger partial charge >= 0.3 is 5.97 Å². The van der Waals surface area contributed by atoms with Gasteiger partial charge in [0.15, 0.2) is 0 Å². The number of H-pyrrole nitrogens is 1. The third-order valence-corrected chi connectivity index (χ3v) is 5.56. The van der Waals surface area contributed by atoms with Crippen molar-refractivity contribution in [3.05, 3.63) is 18.2 Å². The van der Waals surface area contributed by atoms with Gasteiger partial charge in [0.25, 0.3) is 0 Å². The highest BCUT2D eigenvalue weighted by Crippen LogP contribution is 2.11. The number of aliphatic carboxylic acids is 1. The van der Waals surface area contributed by atoms with Gasteiger partial charge in [-0.1, -0.05) is 34.1 Å². The third-order valence-electron chi connectivity index (χ3n) is 5.17. The van der Waals surface area contributed by atoms with Crippen molar-refractivity contribution in [2.45, 2.75) is 64.7 Å². The number of aromatic nitrogens is 2. The van der Waals surface area contributed by atoms with Crippen molar-refractivity contribution >= 4 is 36.3 Å². The number of imidazole rings is 1. The van der Waals surface area contributed by atoms with Gasteiger partial charge in [0.05, 0.1) is 12.4 Å². The normalized spacial score (nSPS) is 15.8. The Balaban J connectivity index is 3.06. The Labute approximate surface area is 193 Å². The molecule has 0 aliphatic heterocycles. The lowest BCUT2D eigenvalue weighted by Crippen LogP contribution is -2.59. The molecule has 0 aliphatic carbocycles. The summed E-state index contributed by atoms with van der Waals surface area (Å²) in [7, 11) is 0. The first-order valence-electron chi connectivity index (χ1n) is 10.5. The molecule has 0 saturated carbocycles.